The predicted octanol–water partition coefficient (Wildman–Crippen LogP) is 5.47. The van der Waals surface area contributed by atoms with Crippen molar-refractivity contribution in [2.75, 3.05) is 64.3 Å². The number of anilines is 4. The number of nitrogens with one attached hydrogen (secondary N) is 3. The Labute approximate surface area is 237 Å². The van der Waals surface area contributed by atoms with Gasteiger partial charge in [0, 0.05) is 29.5 Å². The van der Waals surface area contributed by atoms with Crippen LogP contribution in [0.1, 0.15) is 12.8 Å². The Morgan fingerprint density at radius 2 is 1.92 bits per heavy atom. The first-order chi connectivity index (χ1) is 18.9. The number of piperidine rings is 1. The molecule has 0 spiro atoms. The zero-order valence-corrected chi connectivity index (χ0v) is 24.8. The molecule has 8 nitrogen and oxygen atoms in total. The molecule has 1 saturated heterocycles. The fourth-order valence-electron chi connectivity index (χ4n) is 5.27. The smallest absolute Gasteiger partial charge is 0.229 e. The van der Waals surface area contributed by atoms with E-state index in [1.165, 1.54) is 18.1 Å². The third kappa shape index (κ3) is 6.30. The first-order valence-electron chi connectivity index (χ1n) is 13.4. The molecule has 2 aliphatic rings. The molecule has 1 unspecified atom stereocenters. The highest BCUT2D eigenvalue weighted by Crippen LogP contribution is 2.37. The van der Waals surface area contributed by atoms with E-state index in [0.717, 1.165) is 49.0 Å². The second kappa shape index (κ2) is 12.1. The van der Waals surface area contributed by atoms with Gasteiger partial charge in [-0.15, -0.1) is 0 Å². The van der Waals surface area contributed by atoms with E-state index in [9.17, 15) is 0 Å². The van der Waals surface area contributed by atoms with Crippen molar-refractivity contribution in [1.29, 1.82) is 0 Å². The monoisotopic (exact) mass is 566 g/mol. The number of ether oxygens (including phenoxy) is 1. The zero-order valence-electron chi connectivity index (χ0n) is 23.1. The van der Waals surface area contributed by atoms with Gasteiger partial charge in [0.05, 0.1) is 33.1 Å². The van der Waals surface area contributed by atoms with Crippen LogP contribution in [0.3, 0.4) is 0 Å². The molecule has 0 aliphatic carbocycles. The Kier molecular flexibility index (Phi) is 8.57. The topological polar surface area (TPSA) is 74.3 Å². The number of hydrogen-bond donors (Lipinski definition) is 3. The Hall–Kier alpha value is -2.90. The van der Waals surface area contributed by atoms with Crippen molar-refractivity contribution >= 4 is 53.7 Å². The summed E-state index contributed by atoms with van der Waals surface area (Å²) in [5.74, 6) is 1.85. The van der Waals surface area contributed by atoms with Crippen molar-refractivity contribution in [3.63, 3.8) is 0 Å². The van der Waals surface area contributed by atoms with E-state index in [-0.39, 0.29) is 7.92 Å². The Morgan fingerprint density at radius 1 is 1.13 bits per heavy atom. The maximum Gasteiger partial charge on any atom is 0.229 e. The van der Waals surface area contributed by atoms with Crippen molar-refractivity contribution in [3.05, 3.63) is 66.1 Å². The quantitative estimate of drug-likeness (QED) is 0.247. The second-order valence-electron chi connectivity index (χ2n) is 10.4. The highest BCUT2D eigenvalue weighted by Gasteiger charge is 2.32. The second-order valence-corrected chi connectivity index (χ2v) is 13.1. The number of rotatable bonds is 8. The lowest BCUT2D eigenvalue weighted by atomic mass is 10.0. The van der Waals surface area contributed by atoms with Crippen LogP contribution in [-0.4, -0.2) is 74.6 Å². The van der Waals surface area contributed by atoms with Crippen molar-refractivity contribution in [1.82, 2.24) is 24.7 Å². The molecule has 2 aromatic carbocycles. The SMILES string of the molecule is COc1cc(Nc2ncc(Cl)c(Nc3ccccc3P(C)C)n2)ccc1[N+]1(C)C=CN(C2CCNCC2)CC1. The molecule has 0 radical (unpaired) electrons. The molecular weight excluding hydrogens is 529 g/mol. The number of benzene rings is 2. The van der Waals surface area contributed by atoms with Gasteiger partial charge in [-0.3, -0.25) is 4.48 Å². The maximum absolute atomic E-state index is 6.47. The normalized spacial score (nSPS) is 19.8. The fourth-order valence-corrected chi connectivity index (χ4v) is 6.40. The first kappa shape index (κ1) is 27.7. The summed E-state index contributed by atoms with van der Waals surface area (Å²) < 4.78 is 6.55. The largest absolute Gasteiger partial charge is 0.491 e. The van der Waals surface area contributed by atoms with E-state index < -0.39 is 0 Å². The third-order valence-corrected chi connectivity index (χ3v) is 9.19. The molecule has 3 N–H and O–H groups in total. The van der Waals surface area contributed by atoms with Crippen LogP contribution in [0.4, 0.5) is 28.8 Å². The van der Waals surface area contributed by atoms with Gasteiger partial charge >= 0.3 is 0 Å². The summed E-state index contributed by atoms with van der Waals surface area (Å²) >= 11 is 6.47. The highest BCUT2D eigenvalue weighted by atomic mass is 35.5. The van der Waals surface area contributed by atoms with Gasteiger partial charge in [0.25, 0.3) is 0 Å². The molecule has 1 fully saturated rings. The van der Waals surface area contributed by atoms with Crippen LogP contribution in [0.25, 0.3) is 0 Å². The third-order valence-electron chi connectivity index (χ3n) is 7.56. The number of methoxy groups -OCH3 is 1. The number of quaternary nitrogens is 1. The van der Waals surface area contributed by atoms with Crippen LogP contribution in [0.2, 0.25) is 5.02 Å². The summed E-state index contributed by atoms with van der Waals surface area (Å²) in [6.45, 7) is 8.67. The van der Waals surface area contributed by atoms with Crippen molar-refractivity contribution in [3.8, 4) is 5.75 Å². The Balaban J connectivity index is 1.33. The van der Waals surface area contributed by atoms with E-state index in [2.05, 4.69) is 93.9 Å². The van der Waals surface area contributed by atoms with Gasteiger partial charge in [0.15, 0.2) is 17.3 Å². The standard InChI is InChI=1S/C29H38ClN7OP/c1-37(17-15-36(16-18-37)22-11-13-31-14-12-22)25-10-9-21(19-26(25)38-2)33-29-32-20-23(30)28(35-29)34-24-7-5-6-8-27(24)39(3)4/h5-10,15,17,19-20,22,31H,11-14,16,18H2,1-4H3,(H2,32,33,34,35)/q+1. The van der Waals surface area contributed by atoms with Crippen LogP contribution < -0.4 is 30.5 Å². The van der Waals surface area contributed by atoms with Gasteiger partial charge in [0.2, 0.25) is 5.95 Å². The van der Waals surface area contributed by atoms with Gasteiger partial charge < -0.3 is 25.6 Å². The summed E-state index contributed by atoms with van der Waals surface area (Å²) in [5.41, 5.74) is 2.98. The molecule has 3 aromatic rings. The van der Waals surface area contributed by atoms with E-state index in [1.807, 2.05) is 12.1 Å². The van der Waals surface area contributed by atoms with Crippen LogP contribution in [0, 0.1) is 0 Å². The van der Waals surface area contributed by atoms with Gasteiger partial charge in [-0.05, 0) is 56.7 Å². The first-order valence-corrected chi connectivity index (χ1v) is 16.0. The molecule has 206 valence electrons. The molecule has 0 bridgehead atoms. The highest BCUT2D eigenvalue weighted by molar-refractivity contribution is 7.64. The fraction of sp³-hybridized carbons (Fsp3) is 0.379. The minimum Gasteiger partial charge on any atom is -0.491 e. The summed E-state index contributed by atoms with van der Waals surface area (Å²) in [5, 5.41) is 11.9. The molecule has 0 amide bonds. The molecular formula is C29H38ClN7OP+. The van der Waals surface area contributed by atoms with Crippen LogP contribution in [0.5, 0.6) is 5.75 Å². The van der Waals surface area contributed by atoms with Gasteiger partial charge in [-0.2, -0.15) is 4.98 Å². The molecule has 1 aromatic heterocycles. The molecule has 3 heterocycles. The molecule has 1 atom stereocenters. The Morgan fingerprint density at radius 3 is 2.64 bits per heavy atom. The van der Waals surface area contributed by atoms with Gasteiger partial charge in [-0.1, -0.05) is 37.7 Å². The molecule has 39 heavy (non-hydrogen) atoms. The zero-order chi connectivity index (χ0) is 27.4. The van der Waals surface area contributed by atoms with Crippen LogP contribution >= 0.6 is 19.5 Å². The van der Waals surface area contributed by atoms with Gasteiger partial charge in [-0.25, -0.2) is 4.98 Å². The lowest BCUT2D eigenvalue weighted by Gasteiger charge is -2.41. The van der Waals surface area contributed by atoms with Crippen molar-refractivity contribution in [2.45, 2.75) is 18.9 Å². The van der Waals surface area contributed by atoms with Crippen molar-refractivity contribution in [2.24, 2.45) is 0 Å². The minimum absolute atomic E-state index is 0.285. The van der Waals surface area contributed by atoms with E-state index >= 15 is 0 Å². The lowest BCUT2D eigenvalue weighted by Crippen LogP contribution is -2.52. The summed E-state index contributed by atoms with van der Waals surface area (Å²) in [4.78, 5) is 11.6. The summed E-state index contributed by atoms with van der Waals surface area (Å²) in [7, 11) is 3.67. The summed E-state index contributed by atoms with van der Waals surface area (Å²) in [6, 6.07) is 15.1. The number of halogens is 1. The number of hydrogen-bond acceptors (Lipinski definition) is 7. The average molecular weight is 567 g/mol. The van der Waals surface area contributed by atoms with E-state index in [4.69, 9.17) is 16.3 Å². The molecule has 10 heteroatoms. The number of aromatic nitrogens is 2. The average Bonchev–Trinajstić information content (AvgIpc) is 2.96. The van der Waals surface area contributed by atoms with Gasteiger partial charge in [0.1, 0.15) is 17.8 Å². The molecule has 0 saturated carbocycles. The lowest BCUT2D eigenvalue weighted by molar-refractivity contribution is 0.191. The van der Waals surface area contributed by atoms with Crippen LogP contribution in [-0.2, 0) is 0 Å². The number of nitrogens with zero attached hydrogens (tertiary/aromatic N) is 4. The van der Waals surface area contributed by atoms with Crippen LogP contribution in [0.15, 0.2) is 61.1 Å². The van der Waals surface area contributed by atoms with Crippen molar-refractivity contribution < 1.29 is 4.74 Å². The molecule has 2 aliphatic heterocycles. The van der Waals surface area contributed by atoms with E-state index in [1.54, 1.807) is 13.3 Å². The number of para-hydroxylation sites is 1. The predicted molar refractivity (Wildman–Crippen MR) is 166 cm³/mol. The maximum atomic E-state index is 6.47. The Bertz CT molecular complexity index is 1330. The molecule has 5 rings (SSSR count). The van der Waals surface area contributed by atoms with E-state index in [0.29, 0.717) is 27.3 Å². The minimum atomic E-state index is -0.285. The summed E-state index contributed by atoms with van der Waals surface area (Å²) in [6.07, 6.45) is 8.58. The number of likely N-dealkylation sites (N-methyl/N-ethyl adjacent to an activating group) is 1.